The lowest BCUT2D eigenvalue weighted by molar-refractivity contribution is -0.351. The van der Waals surface area contributed by atoms with Crippen LogP contribution in [0.5, 0.6) is 0 Å². The van der Waals surface area contributed by atoms with Gasteiger partial charge < -0.3 is 24.2 Å². The van der Waals surface area contributed by atoms with Gasteiger partial charge in [-0.25, -0.2) is 13.2 Å². The molecule has 0 aromatic heterocycles. The molecule has 29 heavy (non-hydrogen) atoms. The molecular weight excluding hydrogens is 442 g/mol. The molecule has 1 rings (SSSR count). The van der Waals surface area contributed by atoms with Crippen LogP contribution in [-0.2, 0) is 29.2 Å². The van der Waals surface area contributed by atoms with Crippen LogP contribution in [0.4, 0.5) is 26.3 Å². The summed E-state index contributed by atoms with van der Waals surface area (Å²) in [6.45, 7) is -0.0786. The maximum Gasteiger partial charge on any atom is 0.466 e. The van der Waals surface area contributed by atoms with E-state index in [-0.39, 0.29) is 26.2 Å². The SMILES string of the molecule is C=C(F)C(=O)OC(OCCC(F)(F)S(=O)(=O)[O-])(C(=O)N1CCNCC1)C(F)(F)F. The number of rotatable bonds is 8. The van der Waals surface area contributed by atoms with Crippen molar-refractivity contribution in [3.8, 4) is 0 Å². The van der Waals surface area contributed by atoms with Crippen LogP contribution in [0.15, 0.2) is 12.4 Å². The molecule has 0 aromatic carbocycles. The van der Waals surface area contributed by atoms with Gasteiger partial charge >= 0.3 is 29.1 Å². The number of carbonyl (C=O) groups is 2. The van der Waals surface area contributed by atoms with Gasteiger partial charge in [0.25, 0.3) is 0 Å². The predicted octanol–water partition coefficient (Wildman–Crippen LogP) is 0.248. The summed E-state index contributed by atoms with van der Waals surface area (Å²) in [6, 6.07) is 0. The number of alkyl halides is 5. The zero-order chi connectivity index (χ0) is 22.7. The number of ether oxygens (including phenoxy) is 2. The molecule has 168 valence electrons. The van der Waals surface area contributed by atoms with E-state index in [1.54, 1.807) is 0 Å². The molecule has 1 aliphatic rings. The molecule has 1 heterocycles. The highest BCUT2D eigenvalue weighted by molar-refractivity contribution is 7.86. The monoisotopic (exact) mass is 457 g/mol. The number of carbonyl (C=O) groups excluding carboxylic acids is 2. The summed E-state index contributed by atoms with van der Waals surface area (Å²) >= 11 is 0. The Morgan fingerprint density at radius 2 is 1.66 bits per heavy atom. The number of nitrogens with one attached hydrogen (secondary N) is 1. The van der Waals surface area contributed by atoms with E-state index in [1.807, 2.05) is 0 Å². The van der Waals surface area contributed by atoms with E-state index in [1.165, 1.54) is 0 Å². The predicted molar refractivity (Wildman–Crippen MR) is 79.8 cm³/mol. The third-order valence-corrected chi connectivity index (χ3v) is 4.52. The molecule has 0 aromatic rings. The van der Waals surface area contributed by atoms with Crippen molar-refractivity contribution in [2.24, 2.45) is 0 Å². The zero-order valence-electron chi connectivity index (χ0n) is 14.4. The van der Waals surface area contributed by atoms with Gasteiger partial charge in [-0.2, -0.15) is 26.3 Å². The first-order valence-electron chi connectivity index (χ1n) is 7.67. The smallest absolute Gasteiger partial charge is 0.466 e. The van der Waals surface area contributed by atoms with Gasteiger partial charge in [0.15, 0.2) is 10.1 Å². The molecule has 0 bridgehead atoms. The van der Waals surface area contributed by atoms with Crippen LogP contribution in [0.3, 0.4) is 0 Å². The van der Waals surface area contributed by atoms with Gasteiger partial charge in [-0.1, -0.05) is 6.58 Å². The molecule has 0 radical (unpaired) electrons. The summed E-state index contributed by atoms with van der Waals surface area (Å²) in [5.41, 5.74) is 0. The van der Waals surface area contributed by atoms with Crippen LogP contribution in [0.25, 0.3) is 0 Å². The van der Waals surface area contributed by atoms with Gasteiger partial charge in [-0.3, -0.25) is 4.79 Å². The average Bonchev–Trinajstić information content (AvgIpc) is 2.58. The largest absolute Gasteiger partial charge is 0.743 e. The Bertz CT molecular complexity index is 751. The standard InChI is InChI=1S/C13H16F6N2O7S/c1-8(14)9(22)28-12(13(17,18)19,10(23)21-5-3-20-4-6-21)27-7-2-11(15,16)29(24,25)26/h20H,1-7H2,(H,24,25,26)/p-1. The molecule has 16 heteroatoms. The summed E-state index contributed by atoms with van der Waals surface area (Å²) in [5.74, 6) is -11.1. The number of hydrogen-bond acceptors (Lipinski definition) is 8. The van der Waals surface area contributed by atoms with Crippen molar-refractivity contribution >= 4 is 22.0 Å². The lowest BCUT2D eigenvalue weighted by Crippen LogP contribution is -2.64. The quantitative estimate of drug-likeness (QED) is 0.181. The van der Waals surface area contributed by atoms with Crippen molar-refractivity contribution in [2.45, 2.75) is 23.6 Å². The Balaban J connectivity index is 3.27. The minimum absolute atomic E-state index is 0.0237. The molecule has 1 fully saturated rings. The van der Waals surface area contributed by atoms with E-state index in [0.717, 1.165) is 0 Å². The highest BCUT2D eigenvalue weighted by Crippen LogP contribution is 2.38. The Morgan fingerprint density at radius 3 is 2.07 bits per heavy atom. The fourth-order valence-corrected chi connectivity index (χ4v) is 2.43. The van der Waals surface area contributed by atoms with Gasteiger partial charge in [0.1, 0.15) is 0 Å². The molecule has 1 atom stereocenters. The molecule has 1 N–H and O–H groups in total. The number of amides is 1. The number of nitrogens with zero attached hydrogens (tertiary/aromatic N) is 1. The van der Waals surface area contributed by atoms with E-state index in [4.69, 9.17) is 0 Å². The second-order valence-corrected chi connectivity index (χ2v) is 7.15. The molecule has 1 amide bonds. The molecular formula is C13H15F6N2O7S-. The van der Waals surface area contributed by atoms with Crippen LogP contribution < -0.4 is 5.32 Å². The first-order valence-corrected chi connectivity index (χ1v) is 9.08. The van der Waals surface area contributed by atoms with Gasteiger partial charge in [-0.15, -0.1) is 0 Å². The van der Waals surface area contributed by atoms with E-state index < -0.39 is 58.1 Å². The van der Waals surface area contributed by atoms with Crippen molar-refractivity contribution < 1.29 is 58.4 Å². The molecule has 1 aliphatic heterocycles. The fourth-order valence-electron chi connectivity index (χ4n) is 2.10. The Labute approximate surface area is 160 Å². The minimum atomic E-state index is -6.26. The highest BCUT2D eigenvalue weighted by Gasteiger charge is 2.67. The van der Waals surface area contributed by atoms with Gasteiger partial charge in [0.2, 0.25) is 5.83 Å². The molecule has 1 saturated heterocycles. The normalized spacial score (nSPS) is 18.1. The summed E-state index contributed by atoms with van der Waals surface area (Å²) in [7, 11) is -6.26. The van der Waals surface area contributed by atoms with Crippen molar-refractivity contribution in [1.82, 2.24) is 10.2 Å². The summed E-state index contributed by atoms with van der Waals surface area (Å²) in [5, 5.41) is -2.35. The topological polar surface area (TPSA) is 125 Å². The second kappa shape index (κ2) is 8.85. The van der Waals surface area contributed by atoms with Crippen LogP contribution in [0.2, 0.25) is 0 Å². The first kappa shape index (κ1) is 25.1. The maximum absolute atomic E-state index is 13.7. The second-order valence-electron chi connectivity index (χ2n) is 5.64. The number of piperazine rings is 1. The maximum atomic E-state index is 13.7. The third kappa shape index (κ3) is 5.80. The third-order valence-electron chi connectivity index (χ3n) is 3.58. The van der Waals surface area contributed by atoms with Gasteiger partial charge in [0, 0.05) is 32.6 Å². The summed E-state index contributed by atoms with van der Waals surface area (Å²) in [6.07, 6.45) is -7.99. The molecule has 1 unspecified atom stereocenters. The van der Waals surface area contributed by atoms with E-state index >= 15 is 0 Å². The van der Waals surface area contributed by atoms with Crippen molar-refractivity contribution in [1.29, 1.82) is 0 Å². The zero-order valence-corrected chi connectivity index (χ0v) is 15.2. The van der Waals surface area contributed by atoms with E-state index in [9.17, 15) is 48.9 Å². The average molecular weight is 457 g/mol. The van der Waals surface area contributed by atoms with E-state index in [2.05, 4.69) is 21.4 Å². The Hall–Kier alpha value is -1.91. The summed E-state index contributed by atoms with van der Waals surface area (Å²) < 4.78 is 120. The van der Waals surface area contributed by atoms with E-state index in [0.29, 0.717) is 4.90 Å². The van der Waals surface area contributed by atoms with Crippen LogP contribution in [0, 0.1) is 0 Å². The molecule has 0 saturated carbocycles. The highest BCUT2D eigenvalue weighted by atomic mass is 32.2. The number of halogens is 6. The first-order chi connectivity index (χ1) is 13.1. The lowest BCUT2D eigenvalue weighted by atomic mass is 10.2. The van der Waals surface area contributed by atoms with Crippen molar-refractivity contribution in [2.75, 3.05) is 32.8 Å². The molecule has 0 aliphatic carbocycles. The Morgan fingerprint density at radius 1 is 1.14 bits per heavy atom. The molecule has 9 nitrogen and oxygen atoms in total. The van der Waals surface area contributed by atoms with Gasteiger partial charge in [-0.05, 0) is 0 Å². The number of esters is 1. The summed E-state index contributed by atoms with van der Waals surface area (Å²) in [4.78, 5) is 24.3. The fraction of sp³-hybridized carbons (Fsp3) is 0.692. The number of hydrogen-bond donors (Lipinski definition) is 1. The van der Waals surface area contributed by atoms with Crippen molar-refractivity contribution in [3.63, 3.8) is 0 Å². The minimum Gasteiger partial charge on any atom is -0.743 e. The Kier molecular flexibility index (Phi) is 7.66. The van der Waals surface area contributed by atoms with Crippen LogP contribution in [-0.4, -0.2) is 79.8 Å². The van der Waals surface area contributed by atoms with Crippen molar-refractivity contribution in [3.05, 3.63) is 12.4 Å². The van der Waals surface area contributed by atoms with Gasteiger partial charge in [0.05, 0.1) is 6.61 Å². The van der Waals surface area contributed by atoms with Crippen LogP contribution in [0.1, 0.15) is 6.42 Å². The lowest BCUT2D eigenvalue weighted by Gasteiger charge is -2.38. The van der Waals surface area contributed by atoms with Crippen LogP contribution >= 0.6 is 0 Å². The molecule has 0 spiro atoms.